The van der Waals surface area contributed by atoms with Crippen LogP contribution in [0.3, 0.4) is 0 Å². The van der Waals surface area contributed by atoms with E-state index >= 15 is 0 Å². The minimum atomic E-state index is -1.55. The molecule has 2 nitrogen and oxygen atoms in total. The molecule has 2 fully saturated rings. The first-order valence-electron chi connectivity index (χ1n) is 10.3. The van der Waals surface area contributed by atoms with E-state index in [2.05, 4.69) is 6.92 Å². The predicted molar refractivity (Wildman–Crippen MR) is 97.8 cm³/mol. The van der Waals surface area contributed by atoms with Crippen molar-refractivity contribution in [2.24, 2.45) is 23.7 Å². The quantitative estimate of drug-likeness (QED) is 0.334. The Labute approximate surface area is 159 Å². The molecule has 1 aromatic rings. The smallest absolute Gasteiger partial charge is 0.314 e. The van der Waals surface area contributed by atoms with E-state index in [0.717, 1.165) is 37.5 Å². The molecule has 0 amide bonds. The number of hydrogen-bond donors (Lipinski definition) is 0. The lowest BCUT2D eigenvalue weighted by Crippen LogP contribution is -2.26. The van der Waals surface area contributed by atoms with Gasteiger partial charge in [0, 0.05) is 12.1 Å². The van der Waals surface area contributed by atoms with Crippen LogP contribution in [-0.2, 0) is 4.79 Å². The summed E-state index contributed by atoms with van der Waals surface area (Å²) in [6, 6.07) is 1.43. The van der Waals surface area contributed by atoms with Crippen molar-refractivity contribution in [1.29, 1.82) is 0 Å². The minimum absolute atomic E-state index is 0.243. The van der Waals surface area contributed by atoms with Crippen molar-refractivity contribution >= 4 is 5.97 Å². The van der Waals surface area contributed by atoms with Gasteiger partial charge in [-0.2, -0.15) is 0 Å². The fourth-order valence-electron chi connectivity index (χ4n) is 4.57. The summed E-state index contributed by atoms with van der Waals surface area (Å²) in [5, 5.41) is 0. The number of esters is 1. The van der Waals surface area contributed by atoms with Crippen molar-refractivity contribution in [3.8, 4) is 5.75 Å². The maximum absolute atomic E-state index is 13.2. The molecule has 5 heteroatoms. The van der Waals surface area contributed by atoms with Crippen LogP contribution >= 0.6 is 0 Å². The molecule has 27 heavy (non-hydrogen) atoms. The molecule has 0 N–H and O–H groups in total. The average Bonchev–Trinajstić information content (AvgIpc) is 2.66. The van der Waals surface area contributed by atoms with E-state index in [0.29, 0.717) is 18.1 Å². The van der Waals surface area contributed by atoms with Gasteiger partial charge in [-0.3, -0.25) is 4.79 Å². The molecule has 0 aromatic heterocycles. The standard InChI is InChI=1S/C22H29F3O2/c1-14-2-4-15(5-3-14)6-7-16-8-10-17(11-9-16)22(26)27-18-12-19(23)21(25)20(24)13-18/h12-17H,2-11H2,1H3. The Bertz CT molecular complexity index is 622. The number of ether oxygens (including phenoxy) is 1. The second kappa shape index (κ2) is 9.11. The molecule has 2 saturated carbocycles. The highest BCUT2D eigenvalue weighted by Crippen LogP contribution is 2.37. The summed E-state index contributed by atoms with van der Waals surface area (Å²) in [5.74, 6) is -2.83. The van der Waals surface area contributed by atoms with Crippen LogP contribution in [-0.4, -0.2) is 5.97 Å². The normalized spacial score (nSPS) is 28.7. The van der Waals surface area contributed by atoms with Crippen molar-refractivity contribution in [3.63, 3.8) is 0 Å². The molecule has 0 spiro atoms. The highest BCUT2D eigenvalue weighted by Gasteiger charge is 2.29. The van der Waals surface area contributed by atoms with Crippen LogP contribution < -0.4 is 4.74 Å². The van der Waals surface area contributed by atoms with Crippen LogP contribution in [0.25, 0.3) is 0 Å². The lowest BCUT2D eigenvalue weighted by atomic mass is 9.76. The van der Waals surface area contributed by atoms with Crippen molar-refractivity contribution < 1.29 is 22.7 Å². The molecule has 3 rings (SSSR count). The topological polar surface area (TPSA) is 26.3 Å². The monoisotopic (exact) mass is 382 g/mol. The maximum atomic E-state index is 13.2. The maximum Gasteiger partial charge on any atom is 0.314 e. The van der Waals surface area contributed by atoms with Gasteiger partial charge in [0.25, 0.3) is 0 Å². The van der Waals surface area contributed by atoms with Crippen LogP contribution in [0.4, 0.5) is 13.2 Å². The SMILES string of the molecule is CC1CCC(CCC2CCC(C(=O)Oc3cc(F)c(F)c(F)c3)CC2)CC1. The van der Waals surface area contributed by atoms with E-state index < -0.39 is 23.4 Å². The molecular formula is C22H29F3O2. The Hall–Kier alpha value is -1.52. The number of carbonyl (C=O) groups excluding carboxylic acids is 1. The first-order valence-corrected chi connectivity index (χ1v) is 10.3. The highest BCUT2D eigenvalue weighted by molar-refractivity contribution is 5.75. The first kappa shape index (κ1) is 20.2. The number of benzene rings is 1. The van der Waals surface area contributed by atoms with Gasteiger partial charge in [-0.1, -0.05) is 45.4 Å². The third-order valence-electron chi connectivity index (χ3n) is 6.47. The Morgan fingerprint density at radius 1 is 0.889 bits per heavy atom. The van der Waals surface area contributed by atoms with E-state index in [9.17, 15) is 18.0 Å². The Kier molecular flexibility index (Phi) is 6.83. The van der Waals surface area contributed by atoms with Crippen LogP contribution in [0.1, 0.15) is 71.1 Å². The van der Waals surface area contributed by atoms with Gasteiger partial charge >= 0.3 is 5.97 Å². The van der Waals surface area contributed by atoms with E-state index in [-0.39, 0.29) is 11.7 Å². The molecule has 0 radical (unpaired) electrons. The zero-order valence-electron chi connectivity index (χ0n) is 16.0. The average molecular weight is 382 g/mol. The molecule has 2 aliphatic rings. The molecule has 0 bridgehead atoms. The molecule has 2 aliphatic carbocycles. The van der Waals surface area contributed by atoms with Crippen molar-refractivity contribution in [1.82, 2.24) is 0 Å². The highest BCUT2D eigenvalue weighted by atomic mass is 19.2. The van der Waals surface area contributed by atoms with Gasteiger partial charge in [-0.25, -0.2) is 13.2 Å². The summed E-state index contributed by atoms with van der Waals surface area (Å²) in [7, 11) is 0. The zero-order chi connectivity index (χ0) is 19.4. The van der Waals surface area contributed by atoms with Gasteiger partial charge in [0.05, 0.1) is 5.92 Å². The Morgan fingerprint density at radius 3 is 1.89 bits per heavy atom. The molecule has 0 heterocycles. The van der Waals surface area contributed by atoms with E-state index in [1.165, 1.54) is 38.5 Å². The van der Waals surface area contributed by atoms with Crippen LogP contribution in [0.15, 0.2) is 12.1 Å². The van der Waals surface area contributed by atoms with Gasteiger partial charge in [0.2, 0.25) is 0 Å². The minimum Gasteiger partial charge on any atom is -0.426 e. The lowest BCUT2D eigenvalue weighted by Gasteiger charge is -2.30. The van der Waals surface area contributed by atoms with Crippen LogP contribution in [0.5, 0.6) is 5.75 Å². The predicted octanol–water partition coefficient (Wildman–Crippen LogP) is 6.42. The molecule has 0 aliphatic heterocycles. The Morgan fingerprint density at radius 2 is 1.37 bits per heavy atom. The number of halogens is 3. The third kappa shape index (κ3) is 5.49. The van der Waals surface area contributed by atoms with Gasteiger partial charge in [-0.05, 0) is 43.4 Å². The largest absolute Gasteiger partial charge is 0.426 e. The van der Waals surface area contributed by atoms with Crippen molar-refractivity contribution in [3.05, 3.63) is 29.6 Å². The van der Waals surface area contributed by atoms with E-state index in [1.54, 1.807) is 0 Å². The van der Waals surface area contributed by atoms with E-state index in [4.69, 9.17) is 4.74 Å². The Balaban J connectivity index is 1.41. The summed E-state index contributed by atoms with van der Waals surface area (Å²) in [4.78, 5) is 12.3. The third-order valence-corrected chi connectivity index (χ3v) is 6.47. The van der Waals surface area contributed by atoms with Crippen LogP contribution in [0, 0.1) is 41.1 Å². The molecule has 0 saturated heterocycles. The van der Waals surface area contributed by atoms with Crippen molar-refractivity contribution in [2.75, 3.05) is 0 Å². The van der Waals surface area contributed by atoms with E-state index in [1.807, 2.05) is 0 Å². The fourth-order valence-corrected chi connectivity index (χ4v) is 4.57. The molecular weight excluding hydrogens is 353 g/mol. The molecule has 0 unspecified atom stereocenters. The zero-order valence-corrected chi connectivity index (χ0v) is 16.0. The number of rotatable bonds is 5. The summed E-state index contributed by atoms with van der Waals surface area (Å²) in [6.07, 6.45) is 11.4. The van der Waals surface area contributed by atoms with Gasteiger partial charge in [0.15, 0.2) is 17.5 Å². The van der Waals surface area contributed by atoms with Crippen LogP contribution in [0.2, 0.25) is 0 Å². The second-order valence-electron chi connectivity index (χ2n) is 8.54. The summed E-state index contributed by atoms with van der Waals surface area (Å²) in [6.45, 7) is 2.34. The van der Waals surface area contributed by atoms with Gasteiger partial charge in [0.1, 0.15) is 5.75 Å². The first-order chi connectivity index (χ1) is 12.9. The van der Waals surface area contributed by atoms with Gasteiger partial charge < -0.3 is 4.74 Å². The second-order valence-corrected chi connectivity index (χ2v) is 8.54. The molecule has 1 aromatic carbocycles. The lowest BCUT2D eigenvalue weighted by molar-refractivity contribution is -0.140. The molecule has 150 valence electrons. The number of hydrogen-bond acceptors (Lipinski definition) is 2. The molecule has 0 atom stereocenters. The van der Waals surface area contributed by atoms with Gasteiger partial charge in [-0.15, -0.1) is 0 Å². The summed E-state index contributed by atoms with van der Waals surface area (Å²) in [5.41, 5.74) is 0. The fraction of sp³-hybridized carbons (Fsp3) is 0.682. The summed E-state index contributed by atoms with van der Waals surface area (Å²) < 4.78 is 44.5. The number of carbonyl (C=O) groups is 1. The summed E-state index contributed by atoms with van der Waals surface area (Å²) >= 11 is 0. The van der Waals surface area contributed by atoms with Crippen molar-refractivity contribution in [2.45, 2.75) is 71.1 Å².